The van der Waals surface area contributed by atoms with Crippen LogP contribution in [-0.4, -0.2) is 38.1 Å². The molecule has 0 aliphatic carbocycles. The van der Waals surface area contributed by atoms with Gasteiger partial charge in [0.15, 0.2) is 6.61 Å². The molecule has 0 spiro atoms. The fraction of sp³-hybridized carbons (Fsp3) is 0.875. The van der Waals surface area contributed by atoms with Gasteiger partial charge in [-0.1, -0.05) is 0 Å². The van der Waals surface area contributed by atoms with E-state index in [1.807, 2.05) is 13.8 Å². The molecule has 0 rings (SSSR count). The highest BCUT2D eigenvalue weighted by Crippen LogP contribution is 2.14. The SMILES string of the molecule is CC(C)OCCNC(=O)OCC(F)(F)F. The van der Waals surface area contributed by atoms with E-state index in [4.69, 9.17) is 4.74 Å². The Morgan fingerprint density at radius 1 is 1.40 bits per heavy atom. The maximum Gasteiger partial charge on any atom is 0.422 e. The summed E-state index contributed by atoms with van der Waals surface area (Å²) in [6, 6.07) is 0. The van der Waals surface area contributed by atoms with Gasteiger partial charge in [0.1, 0.15) is 0 Å². The third kappa shape index (κ3) is 10.9. The lowest BCUT2D eigenvalue weighted by Crippen LogP contribution is -2.31. The van der Waals surface area contributed by atoms with Crippen LogP contribution in [0.15, 0.2) is 0 Å². The topological polar surface area (TPSA) is 47.6 Å². The lowest BCUT2D eigenvalue weighted by atomic mass is 10.5. The molecule has 0 bridgehead atoms. The molecule has 0 aromatic rings. The van der Waals surface area contributed by atoms with Gasteiger partial charge in [-0.15, -0.1) is 0 Å². The highest BCUT2D eigenvalue weighted by molar-refractivity contribution is 5.67. The van der Waals surface area contributed by atoms with Crippen LogP contribution in [0.5, 0.6) is 0 Å². The quantitative estimate of drug-likeness (QED) is 0.730. The lowest BCUT2D eigenvalue weighted by molar-refractivity contribution is -0.160. The van der Waals surface area contributed by atoms with Crippen molar-refractivity contribution in [1.29, 1.82) is 0 Å². The first kappa shape index (κ1) is 14.0. The van der Waals surface area contributed by atoms with Gasteiger partial charge in [0, 0.05) is 6.54 Å². The summed E-state index contributed by atoms with van der Waals surface area (Å²) in [4.78, 5) is 10.6. The average Bonchev–Trinajstić information content (AvgIpc) is 2.07. The Balaban J connectivity index is 3.42. The third-order valence-electron chi connectivity index (χ3n) is 1.19. The Morgan fingerprint density at radius 3 is 2.47 bits per heavy atom. The smallest absolute Gasteiger partial charge is 0.422 e. The standard InChI is InChI=1S/C8H14F3NO3/c1-6(2)14-4-3-12-7(13)15-5-8(9,10)11/h6H,3-5H2,1-2H3,(H,12,13). The zero-order valence-corrected chi connectivity index (χ0v) is 8.56. The molecule has 0 heterocycles. The number of nitrogens with one attached hydrogen (secondary N) is 1. The number of rotatable bonds is 5. The summed E-state index contributed by atoms with van der Waals surface area (Å²) >= 11 is 0. The number of hydrogen-bond acceptors (Lipinski definition) is 3. The number of carbonyl (C=O) groups is 1. The second kappa shape index (κ2) is 6.49. The van der Waals surface area contributed by atoms with E-state index in [2.05, 4.69) is 10.1 Å². The first-order chi connectivity index (χ1) is 6.81. The Hall–Kier alpha value is -0.980. The second-order valence-corrected chi connectivity index (χ2v) is 3.04. The van der Waals surface area contributed by atoms with Crippen molar-refractivity contribution in [3.63, 3.8) is 0 Å². The van der Waals surface area contributed by atoms with Crippen molar-refractivity contribution in [1.82, 2.24) is 5.32 Å². The van der Waals surface area contributed by atoms with E-state index in [1.54, 1.807) is 0 Å². The van der Waals surface area contributed by atoms with Gasteiger partial charge >= 0.3 is 12.3 Å². The molecule has 0 saturated heterocycles. The zero-order valence-electron chi connectivity index (χ0n) is 8.56. The van der Waals surface area contributed by atoms with E-state index in [0.717, 1.165) is 0 Å². The maximum absolute atomic E-state index is 11.6. The number of carbonyl (C=O) groups excluding carboxylic acids is 1. The molecule has 4 nitrogen and oxygen atoms in total. The summed E-state index contributed by atoms with van der Waals surface area (Å²) < 4.78 is 43.7. The van der Waals surface area contributed by atoms with Crippen LogP contribution in [-0.2, 0) is 9.47 Å². The Morgan fingerprint density at radius 2 is 2.00 bits per heavy atom. The minimum absolute atomic E-state index is 0.0120. The minimum Gasteiger partial charge on any atom is -0.440 e. The molecule has 15 heavy (non-hydrogen) atoms. The van der Waals surface area contributed by atoms with Crippen LogP contribution in [0.1, 0.15) is 13.8 Å². The summed E-state index contributed by atoms with van der Waals surface area (Å²) in [6.07, 6.45) is -5.58. The predicted molar refractivity (Wildman–Crippen MR) is 46.5 cm³/mol. The van der Waals surface area contributed by atoms with Crippen LogP contribution < -0.4 is 5.32 Å². The fourth-order valence-electron chi connectivity index (χ4n) is 0.646. The summed E-state index contributed by atoms with van der Waals surface area (Å²) in [5.74, 6) is 0. The fourth-order valence-corrected chi connectivity index (χ4v) is 0.646. The Bertz CT molecular complexity index is 194. The number of alkyl halides is 3. The minimum atomic E-state index is -4.49. The van der Waals surface area contributed by atoms with E-state index in [0.29, 0.717) is 0 Å². The van der Waals surface area contributed by atoms with Crippen molar-refractivity contribution in [3.05, 3.63) is 0 Å². The molecule has 0 atom stereocenters. The van der Waals surface area contributed by atoms with Gasteiger partial charge in [-0.2, -0.15) is 13.2 Å². The van der Waals surface area contributed by atoms with E-state index in [1.165, 1.54) is 0 Å². The molecule has 0 saturated carbocycles. The van der Waals surface area contributed by atoms with Crippen molar-refractivity contribution < 1.29 is 27.4 Å². The molecule has 0 aliphatic rings. The van der Waals surface area contributed by atoms with E-state index >= 15 is 0 Å². The number of ether oxygens (including phenoxy) is 2. The van der Waals surface area contributed by atoms with Gasteiger partial charge in [-0.05, 0) is 13.8 Å². The maximum atomic E-state index is 11.6. The van der Waals surface area contributed by atoms with Crippen molar-refractivity contribution >= 4 is 6.09 Å². The predicted octanol–water partition coefficient (Wildman–Crippen LogP) is 1.70. The number of halogens is 3. The van der Waals surface area contributed by atoms with Crippen molar-refractivity contribution in [2.45, 2.75) is 26.1 Å². The van der Waals surface area contributed by atoms with Crippen molar-refractivity contribution in [2.24, 2.45) is 0 Å². The molecule has 0 fully saturated rings. The molecule has 1 N–H and O–H groups in total. The molecule has 0 aliphatic heterocycles. The van der Waals surface area contributed by atoms with Gasteiger partial charge in [0.2, 0.25) is 0 Å². The van der Waals surface area contributed by atoms with Gasteiger partial charge in [-0.25, -0.2) is 4.79 Å². The van der Waals surface area contributed by atoms with Crippen LogP contribution in [0.25, 0.3) is 0 Å². The molecule has 0 radical (unpaired) electrons. The molecule has 90 valence electrons. The van der Waals surface area contributed by atoms with Crippen LogP contribution in [0.4, 0.5) is 18.0 Å². The summed E-state index contributed by atoms with van der Waals surface area (Å²) in [7, 11) is 0. The third-order valence-corrected chi connectivity index (χ3v) is 1.19. The van der Waals surface area contributed by atoms with Crippen LogP contribution in [0, 0.1) is 0 Å². The largest absolute Gasteiger partial charge is 0.440 e. The van der Waals surface area contributed by atoms with E-state index in [-0.39, 0.29) is 19.3 Å². The molecular weight excluding hydrogens is 215 g/mol. The van der Waals surface area contributed by atoms with E-state index < -0.39 is 18.9 Å². The Kier molecular flexibility index (Phi) is 6.07. The van der Waals surface area contributed by atoms with E-state index in [9.17, 15) is 18.0 Å². The number of alkyl carbamates (subject to hydrolysis) is 1. The summed E-state index contributed by atoms with van der Waals surface area (Å²) in [6.45, 7) is 2.39. The molecule has 1 amide bonds. The summed E-state index contributed by atoms with van der Waals surface area (Å²) in [5.41, 5.74) is 0. The monoisotopic (exact) mass is 229 g/mol. The Labute approximate surface area is 85.7 Å². The molecule has 0 aromatic carbocycles. The molecule has 7 heteroatoms. The first-order valence-corrected chi connectivity index (χ1v) is 4.40. The van der Waals surface area contributed by atoms with Gasteiger partial charge < -0.3 is 14.8 Å². The highest BCUT2D eigenvalue weighted by Gasteiger charge is 2.29. The molecule has 0 unspecified atom stereocenters. The average molecular weight is 229 g/mol. The van der Waals surface area contributed by atoms with Crippen LogP contribution in [0.3, 0.4) is 0 Å². The number of amides is 1. The molecular formula is C8H14F3NO3. The van der Waals surface area contributed by atoms with Crippen molar-refractivity contribution in [3.8, 4) is 0 Å². The molecule has 0 aromatic heterocycles. The van der Waals surface area contributed by atoms with Gasteiger partial charge in [-0.3, -0.25) is 0 Å². The zero-order chi connectivity index (χ0) is 11.9. The lowest BCUT2D eigenvalue weighted by Gasteiger charge is -2.10. The number of hydrogen-bond donors (Lipinski definition) is 1. The second-order valence-electron chi connectivity index (χ2n) is 3.04. The van der Waals surface area contributed by atoms with Crippen molar-refractivity contribution in [2.75, 3.05) is 19.8 Å². The summed E-state index contributed by atoms with van der Waals surface area (Å²) in [5, 5.41) is 2.12. The van der Waals surface area contributed by atoms with Crippen LogP contribution in [0.2, 0.25) is 0 Å². The van der Waals surface area contributed by atoms with Gasteiger partial charge in [0.05, 0.1) is 12.7 Å². The highest BCUT2D eigenvalue weighted by atomic mass is 19.4. The van der Waals surface area contributed by atoms with Gasteiger partial charge in [0.25, 0.3) is 0 Å². The first-order valence-electron chi connectivity index (χ1n) is 4.40. The van der Waals surface area contributed by atoms with Crippen LogP contribution >= 0.6 is 0 Å². The normalized spacial score (nSPS) is 11.6.